The minimum atomic E-state index is -0.0110. The number of thiophene rings is 1. The van der Waals surface area contributed by atoms with Gasteiger partial charge < -0.3 is 9.64 Å². The summed E-state index contributed by atoms with van der Waals surface area (Å²) >= 11 is 1.77. The maximum atomic E-state index is 13.1. The minimum Gasteiger partial charge on any atom is -0.379 e. The van der Waals surface area contributed by atoms with Crippen molar-refractivity contribution in [1.82, 2.24) is 14.7 Å². The van der Waals surface area contributed by atoms with Crippen molar-refractivity contribution >= 4 is 17.2 Å². The van der Waals surface area contributed by atoms with Crippen LogP contribution < -0.4 is 0 Å². The predicted octanol–water partition coefficient (Wildman–Crippen LogP) is 3.22. The number of amides is 1. The van der Waals surface area contributed by atoms with Crippen LogP contribution in [0.5, 0.6) is 0 Å². The number of hydrogen-bond acceptors (Lipinski definition) is 5. The van der Waals surface area contributed by atoms with E-state index in [-0.39, 0.29) is 11.4 Å². The maximum Gasteiger partial charge on any atom is 0.237 e. The maximum absolute atomic E-state index is 13.1. The lowest BCUT2D eigenvalue weighted by Gasteiger charge is -2.52. The first kappa shape index (κ1) is 20.2. The monoisotopic (exact) mass is 425 g/mol. The van der Waals surface area contributed by atoms with E-state index >= 15 is 0 Å². The molecule has 1 aromatic carbocycles. The lowest BCUT2D eigenvalue weighted by atomic mass is 9.88. The molecule has 1 amide bonds. The van der Waals surface area contributed by atoms with Crippen LogP contribution in [-0.4, -0.2) is 71.6 Å². The molecule has 1 unspecified atom stereocenters. The van der Waals surface area contributed by atoms with Crippen molar-refractivity contribution in [1.29, 1.82) is 0 Å². The number of carbonyl (C=O) groups is 1. The van der Waals surface area contributed by atoms with Gasteiger partial charge in [0.15, 0.2) is 0 Å². The number of ether oxygens (including phenoxy) is 1. The molecule has 0 N–H and O–H groups in total. The molecule has 3 fully saturated rings. The molecule has 3 aliphatic heterocycles. The Morgan fingerprint density at radius 3 is 2.60 bits per heavy atom. The van der Waals surface area contributed by atoms with Crippen LogP contribution in [0.1, 0.15) is 30.4 Å². The third-order valence-corrected chi connectivity index (χ3v) is 7.77. The normalized spacial score (nSPS) is 26.7. The van der Waals surface area contributed by atoms with Crippen molar-refractivity contribution in [3.63, 3.8) is 0 Å². The molecule has 160 valence electrons. The van der Waals surface area contributed by atoms with Crippen LogP contribution in [-0.2, 0) is 22.6 Å². The lowest BCUT2D eigenvalue weighted by molar-refractivity contribution is -0.148. The van der Waals surface area contributed by atoms with Crippen molar-refractivity contribution in [3.8, 4) is 0 Å². The van der Waals surface area contributed by atoms with E-state index in [0.29, 0.717) is 19.1 Å². The van der Waals surface area contributed by atoms with Gasteiger partial charge in [0.25, 0.3) is 0 Å². The Hall–Kier alpha value is -1.73. The van der Waals surface area contributed by atoms with Gasteiger partial charge in [-0.15, -0.1) is 0 Å². The fourth-order valence-electron chi connectivity index (χ4n) is 5.39. The Kier molecular flexibility index (Phi) is 5.92. The molecule has 30 heavy (non-hydrogen) atoms. The first-order valence-corrected chi connectivity index (χ1v) is 12.1. The first-order chi connectivity index (χ1) is 14.7. The quantitative estimate of drug-likeness (QED) is 0.737. The molecule has 0 aliphatic carbocycles. The van der Waals surface area contributed by atoms with Gasteiger partial charge in [-0.2, -0.15) is 11.3 Å². The standard InChI is InChI=1S/C24H31N3O2S/c28-23-16-27(22-6-10-25(11-7-22)14-21-8-13-30-17-21)24(9-12-29-19-24)18-26(23)15-20-4-2-1-3-5-20/h1-5,8,13,17,22H,6-7,9-12,14-16,18-19H2. The van der Waals surface area contributed by atoms with E-state index in [2.05, 4.69) is 43.7 Å². The fourth-order valence-corrected chi connectivity index (χ4v) is 6.05. The summed E-state index contributed by atoms with van der Waals surface area (Å²) in [5.41, 5.74) is 2.61. The van der Waals surface area contributed by atoms with Crippen LogP contribution in [0.3, 0.4) is 0 Å². The largest absolute Gasteiger partial charge is 0.379 e. The zero-order valence-electron chi connectivity index (χ0n) is 17.5. The van der Waals surface area contributed by atoms with Gasteiger partial charge in [-0.05, 0) is 60.3 Å². The second-order valence-electron chi connectivity index (χ2n) is 9.03. The Balaban J connectivity index is 1.25. The summed E-state index contributed by atoms with van der Waals surface area (Å²) in [4.78, 5) is 20.3. The highest BCUT2D eigenvalue weighted by molar-refractivity contribution is 7.07. The number of benzene rings is 1. The Labute approximate surface area is 183 Å². The Bertz CT molecular complexity index is 827. The van der Waals surface area contributed by atoms with E-state index in [9.17, 15) is 4.79 Å². The molecule has 3 saturated heterocycles. The van der Waals surface area contributed by atoms with Crippen LogP contribution in [0.4, 0.5) is 0 Å². The Morgan fingerprint density at radius 2 is 1.90 bits per heavy atom. The molecule has 0 radical (unpaired) electrons. The highest BCUT2D eigenvalue weighted by atomic mass is 32.1. The molecule has 5 rings (SSSR count). The van der Waals surface area contributed by atoms with E-state index in [1.807, 2.05) is 18.2 Å². The Morgan fingerprint density at radius 1 is 1.07 bits per heavy atom. The van der Waals surface area contributed by atoms with Crippen molar-refractivity contribution in [2.75, 3.05) is 39.4 Å². The summed E-state index contributed by atoms with van der Waals surface area (Å²) in [7, 11) is 0. The van der Waals surface area contributed by atoms with Gasteiger partial charge in [-0.1, -0.05) is 30.3 Å². The lowest BCUT2D eigenvalue weighted by Crippen LogP contribution is -2.68. The molecule has 5 nitrogen and oxygen atoms in total. The van der Waals surface area contributed by atoms with E-state index in [4.69, 9.17) is 4.74 Å². The molecule has 6 heteroatoms. The summed E-state index contributed by atoms with van der Waals surface area (Å²) in [6.45, 7) is 6.84. The van der Waals surface area contributed by atoms with Gasteiger partial charge in [-0.3, -0.25) is 14.6 Å². The average molecular weight is 426 g/mol. The van der Waals surface area contributed by atoms with Crippen LogP contribution >= 0.6 is 11.3 Å². The second-order valence-corrected chi connectivity index (χ2v) is 9.81. The number of piperidine rings is 1. The van der Waals surface area contributed by atoms with Crippen molar-refractivity contribution in [3.05, 3.63) is 58.3 Å². The van der Waals surface area contributed by atoms with Gasteiger partial charge in [0.05, 0.1) is 18.7 Å². The summed E-state index contributed by atoms with van der Waals surface area (Å²) < 4.78 is 5.90. The minimum absolute atomic E-state index is 0.0110. The van der Waals surface area contributed by atoms with Gasteiger partial charge in [0, 0.05) is 32.3 Å². The van der Waals surface area contributed by atoms with Crippen molar-refractivity contribution in [2.45, 2.75) is 43.9 Å². The molecular weight excluding hydrogens is 394 g/mol. The molecule has 0 bridgehead atoms. The number of carbonyl (C=O) groups excluding carboxylic acids is 1. The van der Waals surface area contributed by atoms with Gasteiger partial charge >= 0.3 is 0 Å². The molecular formula is C24H31N3O2S. The summed E-state index contributed by atoms with van der Waals surface area (Å²) in [5.74, 6) is 0.261. The first-order valence-electron chi connectivity index (χ1n) is 11.1. The SMILES string of the molecule is O=C1CN(C2CCN(Cc3ccsc3)CC2)C2(CCOC2)CN1Cc1ccccc1. The van der Waals surface area contributed by atoms with Crippen LogP contribution in [0.25, 0.3) is 0 Å². The third-order valence-electron chi connectivity index (χ3n) is 7.04. The summed E-state index contributed by atoms with van der Waals surface area (Å²) in [5, 5.41) is 4.41. The molecule has 3 aliphatic rings. The topological polar surface area (TPSA) is 36.0 Å². The highest BCUT2D eigenvalue weighted by Crippen LogP contribution is 2.36. The van der Waals surface area contributed by atoms with Crippen LogP contribution in [0.2, 0.25) is 0 Å². The molecule has 4 heterocycles. The van der Waals surface area contributed by atoms with Crippen molar-refractivity contribution < 1.29 is 9.53 Å². The van der Waals surface area contributed by atoms with Gasteiger partial charge in [0.2, 0.25) is 5.91 Å². The smallest absolute Gasteiger partial charge is 0.237 e. The molecule has 0 saturated carbocycles. The zero-order valence-corrected chi connectivity index (χ0v) is 18.4. The zero-order chi connectivity index (χ0) is 20.4. The number of likely N-dealkylation sites (tertiary alicyclic amines) is 1. The van der Waals surface area contributed by atoms with Gasteiger partial charge in [-0.25, -0.2) is 0 Å². The number of piperazine rings is 1. The summed E-state index contributed by atoms with van der Waals surface area (Å²) in [6.07, 6.45) is 3.30. The molecule has 1 spiro atoms. The highest BCUT2D eigenvalue weighted by Gasteiger charge is 2.49. The number of hydrogen-bond donors (Lipinski definition) is 0. The molecule has 1 aromatic heterocycles. The van der Waals surface area contributed by atoms with E-state index in [1.165, 1.54) is 11.1 Å². The van der Waals surface area contributed by atoms with Crippen LogP contribution in [0, 0.1) is 0 Å². The number of nitrogens with zero attached hydrogens (tertiary/aromatic N) is 3. The van der Waals surface area contributed by atoms with Crippen LogP contribution in [0.15, 0.2) is 47.2 Å². The van der Waals surface area contributed by atoms with Gasteiger partial charge in [0.1, 0.15) is 0 Å². The fraction of sp³-hybridized carbons (Fsp3) is 0.542. The number of rotatable bonds is 5. The van der Waals surface area contributed by atoms with E-state index in [0.717, 1.165) is 58.7 Å². The third kappa shape index (κ3) is 4.19. The molecule has 2 aromatic rings. The average Bonchev–Trinajstić information content (AvgIpc) is 3.45. The van der Waals surface area contributed by atoms with Crippen molar-refractivity contribution in [2.24, 2.45) is 0 Å². The van der Waals surface area contributed by atoms with E-state index < -0.39 is 0 Å². The molecule has 1 atom stereocenters. The predicted molar refractivity (Wildman–Crippen MR) is 119 cm³/mol. The summed E-state index contributed by atoms with van der Waals surface area (Å²) in [6, 6.07) is 13.1. The van der Waals surface area contributed by atoms with E-state index in [1.54, 1.807) is 11.3 Å². The second kappa shape index (κ2) is 8.79.